The van der Waals surface area contributed by atoms with Crippen molar-refractivity contribution in [1.82, 2.24) is 24.5 Å². The minimum Gasteiger partial charge on any atom is -0.449 e. The van der Waals surface area contributed by atoms with Crippen LogP contribution in [0, 0.1) is 0 Å². The molecule has 0 aromatic carbocycles. The number of hydrogen-bond donors (Lipinski definition) is 0. The topological polar surface area (TPSA) is 118 Å². The average molecular weight is 507 g/mol. The molecule has 0 aliphatic carbocycles. The lowest BCUT2D eigenvalue weighted by atomic mass is 9.98. The first-order valence-electron chi connectivity index (χ1n) is 12.4. The number of anilines is 1. The van der Waals surface area contributed by atoms with Gasteiger partial charge in [0.15, 0.2) is 11.3 Å². The van der Waals surface area contributed by atoms with Gasteiger partial charge in [-0.1, -0.05) is 6.92 Å². The number of rotatable bonds is 7. The highest BCUT2D eigenvalue weighted by molar-refractivity contribution is 6.17. The molecule has 1 saturated heterocycles. The smallest absolute Gasteiger partial charge is 0.414 e. The van der Waals surface area contributed by atoms with E-state index in [1.165, 1.54) is 6.20 Å². The van der Waals surface area contributed by atoms with Gasteiger partial charge in [0.2, 0.25) is 5.78 Å². The number of hydrogen-bond acceptors (Lipinski definition) is 8. The lowest BCUT2D eigenvalue weighted by molar-refractivity contribution is 0.00468. The monoisotopic (exact) mass is 506 g/mol. The Balaban J connectivity index is 1.72. The predicted molar refractivity (Wildman–Crippen MR) is 135 cm³/mol. The van der Waals surface area contributed by atoms with Crippen LogP contribution in [0.4, 0.5) is 10.5 Å². The molecule has 1 aliphatic rings. The second kappa shape index (κ2) is 10.2. The van der Waals surface area contributed by atoms with Crippen molar-refractivity contribution in [2.45, 2.75) is 45.3 Å². The molecule has 5 heterocycles. The molecule has 1 aliphatic heterocycles. The average Bonchev–Trinajstić information content (AvgIpc) is 3.62. The van der Waals surface area contributed by atoms with Gasteiger partial charge in [0.05, 0.1) is 42.6 Å². The number of carbonyl (C=O) groups excluding carboxylic acids is 2. The number of furan rings is 1. The van der Waals surface area contributed by atoms with E-state index in [0.29, 0.717) is 47.4 Å². The maximum absolute atomic E-state index is 13.7. The van der Waals surface area contributed by atoms with Gasteiger partial charge in [0.1, 0.15) is 5.69 Å². The van der Waals surface area contributed by atoms with Gasteiger partial charge in [-0.2, -0.15) is 10.2 Å². The summed E-state index contributed by atoms with van der Waals surface area (Å²) in [6.45, 7) is 4.51. The summed E-state index contributed by atoms with van der Waals surface area (Å²) in [4.78, 5) is 33.3. The summed E-state index contributed by atoms with van der Waals surface area (Å²) in [5.41, 5.74) is 2.56. The molecule has 0 bridgehead atoms. The summed E-state index contributed by atoms with van der Waals surface area (Å²) >= 11 is 0. The lowest BCUT2D eigenvalue weighted by Crippen LogP contribution is -2.46. The first-order chi connectivity index (χ1) is 17.9. The van der Waals surface area contributed by atoms with Gasteiger partial charge in [-0.05, 0) is 32.3 Å². The van der Waals surface area contributed by atoms with Crippen LogP contribution in [0.25, 0.3) is 22.2 Å². The molecule has 0 saturated carbocycles. The van der Waals surface area contributed by atoms with Gasteiger partial charge in [-0.3, -0.25) is 24.0 Å². The van der Waals surface area contributed by atoms with Crippen LogP contribution in [0.1, 0.15) is 49.2 Å². The molecule has 0 radical (unpaired) electrons. The van der Waals surface area contributed by atoms with Crippen LogP contribution in [0.3, 0.4) is 0 Å². The Labute approximate surface area is 214 Å². The van der Waals surface area contributed by atoms with E-state index in [1.54, 1.807) is 46.8 Å². The molecule has 194 valence electrons. The summed E-state index contributed by atoms with van der Waals surface area (Å²) in [6.07, 6.45) is 9.73. The molecule has 11 nitrogen and oxygen atoms in total. The fourth-order valence-electron chi connectivity index (χ4n) is 4.76. The highest BCUT2D eigenvalue weighted by atomic mass is 16.6. The first kappa shape index (κ1) is 24.7. The van der Waals surface area contributed by atoms with E-state index in [0.717, 1.165) is 12.0 Å². The zero-order chi connectivity index (χ0) is 26.1. The van der Waals surface area contributed by atoms with Gasteiger partial charge in [0.25, 0.3) is 0 Å². The molecule has 4 aromatic heterocycles. The number of nitrogens with zero attached hydrogens (tertiary/aromatic N) is 6. The van der Waals surface area contributed by atoms with E-state index < -0.39 is 6.09 Å². The molecule has 0 spiro atoms. The van der Waals surface area contributed by atoms with E-state index >= 15 is 0 Å². The highest BCUT2D eigenvalue weighted by Crippen LogP contribution is 2.40. The van der Waals surface area contributed by atoms with Crippen LogP contribution >= 0.6 is 0 Å². The third kappa shape index (κ3) is 4.74. The van der Waals surface area contributed by atoms with Gasteiger partial charge < -0.3 is 13.9 Å². The number of carbonyl (C=O) groups is 2. The Morgan fingerprint density at radius 1 is 1.14 bits per heavy atom. The van der Waals surface area contributed by atoms with Crippen molar-refractivity contribution in [2.24, 2.45) is 14.1 Å². The van der Waals surface area contributed by atoms with Gasteiger partial charge in [-0.25, -0.2) is 4.79 Å². The molecular formula is C26H30N6O5. The molecule has 4 aromatic rings. The molecule has 2 atom stereocenters. The summed E-state index contributed by atoms with van der Waals surface area (Å²) in [5.74, 6) is -0.337. The van der Waals surface area contributed by atoms with Crippen LogP contribution in [-0.4, -0.2) is 61.8 Å². The third-order valence-corrected chi connectivity index (χ3v) is 6.59. The standard InChI is InChI=1S/C26H30N6O5/c1-5-19-9-18(7-8-36-19)32(26(34)35-6-2)23-20-10-21(16-11-28-30(3)14-16)27-13-22(20)37-25(23)24(33)17-12-29-31(4)15-17/h10-15,18-19H,5-9H2,1-4H3/t18-,19-/m0/s1. The molecule has 37 heavy (non-hydrogen) atoms. The largest absolute Gasteiger partial charge is 0.449 e. The van der Waals surface area contributed by atoms with E-state index in [4.69, 9.17) is 13.9 Å². The number of ether oxygens (including phenoxy) is 2. The fourth-order valence-corrected chi connectivity index (χ4v) is 4.76. The van der Waals surface area contributed by atoms with Crippen LogP contribution in [0.2, 0.25) is 0 Å². The number of aryl methyl sites for hydroxylation is 2. The maximum atomic E-state index is 13.7. The minimum absolute atomic E-state index is 0.000984. The molecule has 1 fully saturated rings. The normalized spacial score (nSPS) is 17.7. The predicted octanol–water partition coefficient (Wildman–Crippen LogP) is 4.11. The lowest BCUT2D eigenvalue weighted by Gasteiger charge is -2.36. The molecule has 5 rings (SSSR count). The van der Waals surface area contributed by atoms with E-state index in [-0.39, 0.29) is 30.3 Å². The zero-order valence-electron chi connectivity index (χ0n) is 21.4. The molecule has 0 unspecified atom stereocenters. The van der Waals surface area contributed by atoms with Crippen molar-refractivity contribution in [3.8, 4) is 11.3 Å². The van der Waals surface area contributed by atoms with Crippen LogP contribution in [0.5, 0.6) is 0 Å². The summed E-state index contributed by atoms with van der Waals surface area (Å²) in [6, 6.07) is 1.59. The fraction of sp³-hybridized carbons (Fsp3) is 0.423. The number of pyridine rings is 1. The van der Waals surface area contributed by atoms with Crippen LogP contribution in [0.15, 0.2) is 41.5 Å². The van der Waals surface area contributed by atoms with Gasteiger partial charge in [-0.15, -0.1) is 0 Å². The van der Waals surface area contributed by atoms with E-state index in [1.807, 2.05) is 19.3 Å². The number of amides is 1. The second-order valence-electron chi connectivity index (χ2n) is 9.13. The van der Waals surface area contributed by atoms with Gasteiger partial charge >= 0.3 is 6.09 Å². The van der Waals surface area contributed by atoms with E-state index in [2.05, 4.69) is 22.1 Å². The quantitative estimate of drug-likeness (QED) is 0.344. The second-order valence-corrected chi connectivity index (χ2v) is 9.13. The van der Waals surface area contributed by atoms with Gasteiger partial charge in [0, 0.05) is 50.1 Å². The van der Waals surface area contributed by atoms with Crippen LogP contribution in [-0.2, 0) is 23.6 Å². The van der Waals surface area contributed by atoms with Crippen molar-refractivity contribution < 1.29 is 23.5 Å². The van der Waals surface area contributed by atoms with Crippen molar-refractivity contribution >= 4 is 28.5 Å². The first-order valence-corrected chi connectivity index (χ1v) is 12.4. The molecule has 0 N–H and O–H groups in total. The number of ketones is 1. The Morgan fingerprint density at radius 2 is 1.92 bits per heavy atom. The third-order valence-electron chi connectivity index (χ3n) is 6.59. The Bertz CT molecular complexity index is 1440. The minimum atomic E-state index is -0.535. The van der Waals surface area contributed by atoms with Crippen molar-refractivity contribution in [1.29, 1.82) is 0 Å². The van der Waals surface area contributed by atoms with Crippen molar-refractivity contribution in [3.63, 3.8) is 0 Å². The van der Waals surface area contributed by atoms with Crippen molar-refractivity contribution in [3.05, 3.63) is 48.4 Å². The number of fused-ring (bicyclic) bond motifs is 1. The Morgan fingerprint density at radius 3 is 2.59 bits per heavy atom. The zero-order valence-corrected chi connectivity index (χ0v) is 21.4. The van der Waals surface area contributed by atoms with Crippen LogP contribution < -0.4 is 4.90 Å². The van der Waals surface area contributed by atoms with E-state index in [9.17, 15) is 9.59 Å². The molecule has 1 amide bonds. The Hall–Kier alpha value is -3.99. The van der Waals surface area contributed by atoms with Crippen molar-refractivity contribution in [2.75, 3.05) is 18.1 Å². The highest BCUT2D eigenvalue weighted by Gasteiger charge is 2.37. The molecule has 11 heteroatoms. The summed E-state index contributed by atoms with van der Waals surface area (Å²) in [7, 11) is 3.56. The Kier molecular flexibility index (Phi) is 6.79. The summed E-state index contributed by atoms with van der Waals surface area (Å²) in [5, 5.41) is 8.97. The summed E-state index contributed by atoms with van der Waals surface area (Å²) < 4.78 is 20.7. The molecular weight excluding hydrogens is 476 g/mol. The number of aromatic nitrogens is 5. The SMILES string of the molecule is CCOC(=O)N(c1c(C(=O)c2cnn(C)c2)oc2cnc(-c3cnn(C)c3)cc12)[C@H]1CCO[C@@H](CC)C1. The maximum Gasteiger partial charge on any atom is 0.414 e.